The normalized spacial score (nSPS) is 22.2. The van der Waals surface area contributed by atoms with Gasteiger partial charge in [0.05, 0.1) is 13.2 Å². The second kappa shape index (κ2) is 13.9. The van der Waals surface area contributed by atoms with Crippen molar-refractivity contribution in [1.29, 1.82) is 0 Å². The molecule has 4 heteroatoms. The first-order valence-corrected chi connectivity index (χ1v) is 19.8. The maximum Gasteiger partial charge on any atom is 0.178 e. The van der Waals surface area contributed by atoms with E-state index >= 15 is 0 Å². The largest absolute Gasteiger partial charge is 0.472 e. The fourth-order valence-electron chi connectivity index (χ4n) is 9.88. The Morgan fingerprint density at radius 2 is 1.38 bits per heavy atom. The predicted octanol–water partition coefficient (Wildman–Crippen LogP) is 10.9. The molecule has 2 unspecified atom stereocenters. The molecule has 9 rings (SSSR count). The Morgan fingerprint density at radius 3 is 2.15 bits per heavy atom. The first kappa shape index (κ1) is 33.5. The highest BCUT2D eigenvalue weighted by atomic mass is 16.5. The van der Waals surface area contributed by atoms with Gasteiger partial charge in [-0.25, -0.2) is 0 Å². The van der Waals surface area contributed by atoms with Crippen LogP contribution in [0.5, 0.6) is 5.75 Å². The zero-order chi connectivity index (χ0) is 35.1. The van der Waals surface area contributed by atoms with Gasteiger partial charge in [-0.3, -0.25) is 0 Å². The van der Waals surface area contributed by atoms with Gasteiger partial charge >= 0.3 is 0 Å². The van der Waals surface area contributed by atoms with E-state index in [2.05, 4.69) is 128 Å². The molecule has 5 aromatic rings. The van der Waals surface area contributed by atoms with Crippen molar-refractivity contribution in [3.63, 3.8) is 0 Å². The highest BCUT2D eigenvalue weighted by molar-refractivity contribution is 6.08. The van der Waals surface area contributed by atoms with Crippen molar-refractivity contribution in [3.05, 3.63) is 137 Å². The SMILES string of the molecule is CCC1(CC)c2ccccc2-c2c1c1c(c3ccccc23)OC(c2ccc(CC3CCCCOCC3)cc2)(c2ccc(N3CCOCC3)cc2)C=C1. The van der Waals surface area contributed by atoms with Crippen molar-refractivity contribution >= 4 is 22.5 Å². The van der Waals surface area contributed by atoms with Crippen molar-refractivity contribution in [1.82, 2.24) is 0 Å². The number of benzene rings is 5. The molecule has 2 atom stereocenters. The van der Waals surface area contributed by atoms with E-state index < -0.39 is 5.60 Å². The maximum atomic E-state index is 7.68. The van der Waals surface area contributed by atoms with Gasteiger partial charge in [-0.2, -0.15) is 0 Å². The number of rotatable bonds is 7. The molecule has 3 heterocycles. The molecule has 2 fully saturated rings. The summed E-state index contributed by atoms with van der Waals surface area (Å²) >= 11 is 0. The smallest absolute Gasteiger partial charge is 0.178 e. The number of ether oxygens (including phenoxy) is 3. The van der Waals surface area contributed by atoms with Gasteiger partial charge in [0.1, 0.15) is 5.75 Å². The lowest BCUT2D eigenvalue weighted by atomic mass is 9.71. The summed E-state index contributed by atoms with van der Waals surface area (Å²) in [5.41, 5.74) is 10.9. The van der Waals surface area contributed by atoms with Crippen molar-refractivity contribution in [2.24, 2.45) is 5.92 Å². The minimum absolute atomic E-state index is 0.0722. The Labute approximate surface area is 309 Å². The van der Waals surface area contributed by atoms with E-state index in [1.165, 1.54) is 69.1 Å². The van der Waals surface area contributed by atoms with Crippen molar-refractivity contribution < 1.29 is 14.2 Å². The molecular formula is C48H51NO3. The summed E-state index contributed by atoms with van der Waals surface area (Å²) in [4.78, 5) is 2.42. The average Bonchev–Trinajstić information content (AvgIpc) is 3.50. The second-order valence-electron chi connectivity index (χ2n) is 15.4. The van der Waals surface area contributed by atoms with E-state index in [4.69, 9.17) is 14.2 Å². The lowest BCUT2D eigenvalue weighted by Gasteiger charge is -2.39. The molecule has 0 N–H and O–H groups in total. The van der Waals surface area contributed by atoms with Gasteiger partial charge in [-0.1, -0.05) is 111 Å². The van der Waals surface area contributed by atoms with Crippen molar-refractivity contribution in [2.75, 3.05) is 44.4 Å². The van der Waals surface area contributed by atoms with Crippen LogP contribution in [0, 0.1) is 5.92 Å². The van der Waals surface area contributed by atoms with Gasteiger partial charge in [0, 0.05) is 59.5 Å². The monoisotopic (exact) mass is 689 g/mol. The van der Waals surface area contributed by atoms with Crippen LogP contribution >= 0.6 is 0 Å². The zero-order valence-corrected chi connectivity index (χ0v) is 30.8. The maximum absolute atomic E-state index is 7.68. The quantitative estimate of drug-likeness (QED) is 0.170. The second-order valence-corrected chi connectivity index (χ2v) is 15.4. The summed E-state index contributed by atoms with van der Waals surface area (Å²) in [5, 5.41) is 2.45. The molecule has 0 aromatic heterocycles. The van der Waals surface area contributed by atoms with E-state index in [1.807, 2.05) is 0 Å². The molecule has 5 aromatic carbocycles. The first-order chi connectivity index (χ1) is 25.6. The lowest BCUT2D eigenvalue weighted by Crippen LogP contribution is -2.37. The summed E-state index contributed by atoms with van der Waals surface area (Å²) in [7, 11) is 0. The fourth-order valence-corrected chi connectivity index (χ4v) is 9.88. The molecule has 0 saturated carbocycles. The average molecular weight is 690 g/mol. The number of hydrogen-bond acceptors (Lipinski definition) is 4. The van der Waals surface area contributed by atoms with E-state index in [0.717, 1.165) is 82.1 Å². The molecule has 4 nitrogen and oxygen atoms in total. The number of anilines is 1. The van der Waals surface area contributed by atoms with Gasteiger partial charge in [-0.05, 0) is 95.9 Å². The lowest BCUT2D eigenvalue weighted by molar-refractivity contribution is 0.100. The van der Waals surface area contributed by atoms with E-state index in [0.29, 0.717) is 5.92 Å². The minimum atomic E-state index is -0.785. The third kappa shape index (κ3) is 5.49. The Hall–Kier alpha value is -4.38. The van der Waals surface area contributed by atoms with Crippen LogP contribution in [-0.4, -0.2) is 39.5 Å². The summed E-state index contributed by atoms with van der Waals surface area (Å²) in [6.45, 7) is 9.88. The zero-order valence-electron chi connectivity index (χ0n) is 30.8. The number of morpholine rings is 1. The summed E-state index contributed by atoms with van der Waals surface area (Å²) in [6.07, 6.45) is 12.8. The van der Waals surface area contributed by atoms with E-state index in [9.17, 15) is 0 Å². The van der Waals surface area contributed by atoms with Gasteiger partial charge in [0.2, 0.25) is 0 Å². The van der Waals surface area contributed by atoms with Gasteiger partial charge in [-0.15, -0.1) is 0 Å². The standard InChI is InChI=1S/C48H51NO3/c1-3-47(4-2)43-15-8-7-14-41(43)44-39-12-5-6-13-40(39)46-42(45(44)47)24-26-48(52-46,37-20-22-38(23-21-37)49-27-31-51-32-28-49)36-18-16-35(17-19-36)33-34-11-9-10-29-50-30-25-34/h5-8,12-24,26,34H,3-4,9-11,25,27-33H2,1-2H3. The Bertz CT molecular complexity index is 2080. The molecule has 1 aliphatic carbocycles. The number of hydrogen-bond donors (Lipinski definition) is 0. The summed E-state index contributed by atoms with van der Waals surface area (Å²) < 4.78 is 19.2. The highest BCUT2D eigenvalue weighted by Crippen LogP contribution is 2.60. The van der Waals surface area contributed by atoms with Crippen LogP contribution in [0.25, 0.3) is 28.0 Å². The van der Waals surface area contributed by atoms with Crippen LogP contribution < -0.4 is 9.64 Å². The van der Waals surface area contributed by atoms with Crippen LogP contribution in [0.15, 0.2) is 103 Å². The molecule has 0 radical (unpaired) electrons. The Balaban J connectivity index is 1.19. The third-order valence-corrected chi connectivity index (χ3v) is 12.8. The van der Waals surface area contributed by atoms with Crippen LogP contribution in [0.1, 0.15) is 85.8 Å². The molecule has 266 valence electrons. The van der Waals surface area contributed by atoms with Crippen LogP contribution in [0.3, 0.4) is 0 Å². The third-order valence-electron chi connectivity index (χ3n) is 12.8. The molecule has 52 heavy (non-hydrogen) atoms. The minimum Gasteiger partial charge on any atom is -0.472 e. The topological polar surface area (TPSA) is 30.9 Å². The molecule has 4 aliphatic rings. The predicted molar refractivity (Wildman–Crippen MR) is 214 cm³/mol. The van der Waals surface area contributed by atoms with Gasteiger partial charge < -0.3 is 19.1 Å². The van der Waals surface area contributed by atoms with Crippen LogP contribution in [-0.2, 0) is 26.9 Å². The van der Waals surface area contributed by atoms with Gasteiger partial charge in [0.25, 0.3) is 0 Å². The summed E-state index contributed by atoms with van der Waals surface area (Å²) in [6, 6.07) is 36.5. The van der Waals surface area contributed by atoms with Gasteiger partial charge in [0.15, 0.2) is 5.60 Å². The van der Waals surface area contributed by atoms with Crippen molar-refractivity contribution in [2.45, 2.75) is 69.8 Å². The Kier molecular flexibility index (Phi) is 8.93. The van der Waals surface area contributed by atoms with Crippen LogP contribution in [0.4, 0.5) is 5.69 Å². The molecule has 0 spiro atoms. The highest BCUT2D eigenvalue weighted by Gasteiger charge is 2.46. The number of fused-ring (bicyclic) bond motifs is 8. The molecule has 0 amide bonds. The molecule has 0 bridgehead atoms. The molecule has 2 saturated heterocycles. The van der Waals surface area contributed by atoms with E-state index in [1.54, 1.807) is 0 Å². The number of nitrogens with zero attached hydrogens (tertiary/aromatic N) is 1. The van der Waals surface area contributed by atoms with Crippen molar-refractivity contribution in [3.8, 4) is 16.9 Å². The molecule has 3 aliphatic heterocycles. The summed E-state index contributed by atoms with van der Waals surface area (Å²) in [5.74, 6) is 1.66. The van der Waals surface area contributed by atoms with E-state index in [-0.39, 0.29) is 5.41 Å². The molecular weight excluding hydrogens is 639 g/mol. The fraction of sp³-hybridized carbons (Fsp3) is 0.375. The van der Waals surface area contributed by atoms with Crippen LogP contribution in [0.2, 0.25) is 0 Å². The first-order valence-electron chi connectivity index (χ1n) is 19.8. The Morgan fingerprint density at radius 1 is 0.692 bits per heavy atom.